The Morgan fingerprint density at radius 3 is 2.36 bits per heavy atom. The molecule has 0 spiro atoms. The molecular weight excluding hydrogens is 184 g/mol. The first-order chi connectivity index (χ1) is 6.37. The number of rotatable bonds is 4. The summed E-state index contributed by atoms with van der Waals surface area (Å²) < 4.78 is 4.25. The van der Waals surface area contributed by atoms with Crippen LogP contribution in [0.2, 0.25) is 0 Å². The lowest BCUT2D eigenvalue weighted by Crippen LogP contribution is -2.45. The van der Waals surface area contributed by atoms with Crippen LogP contribution in [0.1, 0.15) is 20.8 Å². The van der Waals surface area contributed by atoms with Crippen LogP contribution in [0.4, 0.5) is 0 Å². The van der Waals surface area contributed by atoms with Gasteiger partial charge in [0.25, 0.3) is 5.78 Å². The van der Waals surface area contributed by atoms with E-state index in [0.29, 0.717) is 0 Å². The van der Waals surface area contributed by atoms with E-state index in [4.69, 9.17) is 0 Å². The highest BCUT2D eigenvalue weighted by atomic mass is 16.5. The number of ether oxygens (including phenoxy) is 1. The van der Waals surface area contributed by atoms with Gasteiger partial charge in [0.15, 0.2) is 0 Å². The van der Waals surface area contributed by atoms with E-state index in [2.05, 4.69) is 4.74 Å². The van der Waals surface area contributed by atoms with Gasteiger partial charge < -0.3 is 9.84 Å². The highest BCUT2D eigenvalue weighted by molar-refractivity contribution is 6.36. The van der Waals surface area contributed by atoms with E-state index in [1.807, 2.05) is 0 Å². The monoisotopic (exact) mass is 200 g/mol. The molecule has 0 radical (unpaired) electrons. The number of carbonyl (C=O) groups excluding carboxylic acids is 2. The summed E-state index contributed by atoms with van der Waals surface area (Å²) >= 11 is 0. The maximum atomic E-state index is 11.4. The van der Waals surface area contributed by atoms with E-state index in [-0.39, 0.29) is 0 Å². The number of hydrogen-bond donors (Lipinski definition) is 1. The minimum absolute atomic E-state index is 0.431. The molecule has 14 heavy (non-hydrogen) atoms. The lowest BCUT2D eigenvalue weighted by Gasteiger charge is -2.24. The second kappa shape index (κ2) is 4.91. The molecule has 0 saturated carbocycles. The van der Waals surface area contributed by atoms with Crippen molar-refractivity contribution in [2.24, 2.45) is 5.92 Å². The lowest BCUT2D eigenvalue weighted by atomic mass is 9.86. The Bertz CT molecular complexity index is 253. The van der Waals surface area contributed by atoms with E-state index in [0.717, 1.165) is 7.11 Å². The Balaban J connectivity index is 4.76. The van der Waals surface area contributed by atoms with Gasteiger partial charge in [-0.15, -0.1) is 0 Å². The number of esters is 1. The summed E-state index contributed by atoms with van der Waals surface area (Å²) in [5.74, 6) is -2.38. The van der Waals surface area contributed by atoms with Gasteiger partial charge in [-0.05, 0) is 13.8 Å². The zero-order valence-electron chi connectivity index (χ0n) is 8.90. The van der Waals surface area contributed by atoms with Crippen molar-refractivity contribution in [2.75, 3.05) is 7.11 Å². The molecule has 1 N–H and O–H groups in total. The molecule has 0 heterocycles. The van der Waals surface area contributed by atoms with Gasteiger partial charge in [0, 0.05) is 5.92 Å². The van der Waals surface area contributed by atoms with Gasteiger partial charge in [-0.3, -0.25) is 4.79 Å². The van der Waals surface area contributed by atoms with Gasteiger partial charge in [0.2, 0.25) is 0 Å². The fourth-order valence-electron chi connectivity index (χ4n) is 0.982. The summed E-state index contributed by atoms with van der Waals surface area (Å²) in [5.41, 5.74) is -1.71. The molecule has 0 aromatic rings. The quantitative estimate of drug-likeness (QED) is 0.412. The summed E-state index contributed by atoms with van der Waals surface area (Å²) in [6, 6.07) is 0. The summed E-state index contributed by atoms with van der Waals surface area (Å²) in [4.78, 5) is 22.3. The molecule has 4 nitrogen and oxygen atoms in total. The summed E-state index contributed by atoms with van der Waals surface area (Å²) in [6.07, 6.45) is 3.37. The third-order valence-electron chi connectivity index (χ3n) is 2.20. The normalized spacial score (nSPS) is 17.5. The second-order valence-corrected chi connectivity index (χ2v) is 3.28. The van der Waals surface area contributed by atoms with Crippen LogP contribution in [0.5, 0.6) is 0 Å². The molecule has 0 rings (SSSR count). The molecule has 0 aromatic heterocycles. The van der Waals surface area contributed by atoms with Crippen LogP contribution >= 0.6 is 0 Å². The number of hydrogen-bond acceptors (Lipinski definition) is 4. The van der Waals surface area contributed by atoms with Crippen molar-refractivity contribution in [3.05, 3.63) is 12.2 Å². The van der Waals surface area contributed by atoms with Gasteiger partial charge in [-0.2, -0.15) is 0 Å². The third-order valence-corrected chi connectivity index (χ3v) is 2.20. The van der Waals surface area contributed by atoms with Crippen LogP contribution < -0.4 is 0 Å². The lowest BCUT2D eigenvalue weighted by molar-refractivity contribution is -0.161. The molecule has 2 atom stereocenters. The standard InChI is InChI=1S/C10H16O4/c1-5-6-7(2)10(3,13)8(11)9(12)14-4/h5-7,13H,1-4H3/b6-5+/t7-,10-/m1/s1. The molecule has 0 unspecified atom stereocenters. The van der Waals surface area contributed by atoms with Crippen LogP contribution in [0.15, 0.2) is 12.2 Å². The Kier molecular flexibility index (Phi) is 4.50. The number of aliphatic hydroxyl groups is 1. The van der Waals surface area contributed by atoms with E-state index in [1.54, 1.807) is 26.0 Å². The average molecular weight is 200 g/mol. The topological polar surface area (TPSA) is 63.6 Å². The molecule has 0 aliphatic heterocycles. The molecule has 4 heteroatoms. The molecule has 0 fully saturated rings. The van der Waals surface area contributed by atoms with Crippen LogP contribution in [0.3, 0.4) is 0 Å². The summed E-state index contributed by atoms with van der Waals surface area (Å²) in [5, 5.41) is 9.78. The smallest absolute Gasteiger partial charge is 0.377 e. The number of Topliss-reactive ketones (excluding diaryl/α,β-unsaturated/α-hetero) is 1. The Labute approximate surface area is 83.6 Å². The Morgan fingerprint density at radius 1 is 1.50 bits per heavy atom. The highest BCUT2D eigenvalue weighted by Gasteiger charge is 2.39. The molecule has 0 bridgehead atoms. The van der Waals surface area contributed by atoms with Gasteiger partial charge in [-0.1, -0.05) is 19.1 Å². The van der Waals surface area contributed by atoms with Crippen LogP contribution in [0.25, 0.3) is 0 Å². The predicted molar refractivity (Wildman–Crippen MR) is 51.6 cm³/mol. The van der Waals surface area contributed by atoms with Crippen molar-refractivity contribution >= 4 is 11.8 Å². The number of methoxy groups -OCH3 is 1. The van der Waals surface area contributed by atoms with E-state index in [9.17, 15) is 14.7 Å². The second-order valence-electron chi connectivity index (χ2n) is 3.28. The minimum atomic E-state index is -1.71. The Morgan fingerprint density at radius 2 is 2.00 bits per heavy atom. The molecule has 0 saturated heterocycles. The van der Waals surface area contributed by atoms with E-state index < -0.39 is 23.3 Å². The highest BCUT2D eigenvalue weighted by Crippen LogP contribution is 2.19. The zero-order valence-corrected chi connectivity index (χ0v) is 8.90. The molecule has 0 amide bonds. The molecule has 80 valence electrons. The molecular formula is C10H16O4. The van der Waals surface area contributed by atoms with Crippen LogP contribution in [-0.4, -0.2) is 29.6 Å². The van der Waals surface area contributed by atoms with Crippen molar-refractivity contribution in [1.82, 2.24) is 0 Å². The summed E-state index contributed by atoms with van der Waals surface area (Å²) in [6.45, 7) is 4.73. The first-order valence-corrected chi connectivity index (χ1v) is 4.35. The predicted octanol–water partition coefficient (Wildman–Crippen LogP) is 0.692. The van der Waals surface area contributed by atoms with Gasteiger partial charge in [-0.25, -0.2) is 4.79 Å². The van der Waals surface area contributed by atoms with E-state index >= 15 is 0 Å². The molecule has 0 aliphatic carbocycles. The number of allylic oxidation sites excluding steroid dienone is 1. The van der Waals surface area contributed by atoms with Gasteiger partial charge in [0.05, 0.1) is 7.11 Å². The zero-order chi connectivity index (χ0) is 11.4. The van der Waals surface area contributed by atoms with Crippen LogP contribution in [-0.2, 0) is 14.3 Å². The number of carbonyl (C=O) groups is 2. The third kappa shape index (κ3) is 2.67. The first kappa shape index (κ1) is 12.8. The molecule has 0 aromatic carbocycles. The Hall–Kier alpha value is -1.16. The maximum Gasteiger partial charge on any atom is 0.377 e. The SMILES string of the molecule is C/C=C/[C@@H](C)[C@@](C)(O)C(=O)C(=O)OC. The number of ketones is 1. The largest absolute Gasteiger partial charge is 0.463 e. The fourth-order valence-corrected chi connectivity index (χ4v) is 0.982. The van der Waals surface area contributed by atoms with Crippen molar-refractivity contribution in [3.63, 3.8) is 0 Å². The first-order valence-electron chi connectivity index (χ1n) is 4.35. The van der Waals surface area contributed by atoms with Crippen molar-refractivity contribution in [2.45, 2.75) is 26.4 Å². The fraction of sp³-hybridized carbons (Fsp3) is 0.600. The van der Waals surface area contributed by atoms with E-state index in [1.165, 1.54) is 6.92 Å². The van der Waals surface area contributed by atoms with Crippen molar-refractivity contribution in [3.8, 4) is 0 Å². The summed E-state index contributed by atoms with van der Waals surface area (Å²) in [7, 11) is 1.11. The van der Waals surface area contributed by atoms with Crippen LogP contribution in [0, 0.1) is 5.92 Å². The maximum absolute atomic E-state index is 11.4. The molecule has 0 aliphatic rings. The van der Waals surface area contributed by atoms with Crippen molar-refractivity contribution in [1.29, 1.82) is 0 Å². The van der Waals surface area contributed by atoms with Gasteiger partial charge in [0.1, 0.15) is 5.60 Å². The average Bonchev–Trinajstić information content (AvgIpc) is 2.15. The minimum Gasteiger partial charge on any atom is -0.463 e. The van der Waals surface area contributed by atoms with Crippen molar-refractivity contribution < 1.29 is 19.4 Å². The van der Waals surface area contributed by atoms with Gasteiger partial charge >= 0.3 is 5.97 Å².